The number of nitrogens with one attached hydrogen (secondary N) is 1. The fourth-order valence-electron chi connectivity index (χ4n) is 6.59. The Kier molecular flexibility index (Phi) is 3.96. The average Bonchev–Trinajstić information content (AvgIpc) is 3.03. The molecule has 1 heterocycles. The van der Waals surface area contributed by atoms with Gasteiger partial charge in [0, 0.05) is 11.6 Å². The minimum absolute atomic E-state index is 0.0154. The number of hydrogen-bond donors (Lipinski definition) is 1. The Bertz CT molecular complexity index is 815. The van der Waals surface area contributed by atoms with Gasteiger partial charge < -0.3 is 9.73 Å². The largest absolute Gasteiger partial charge is 0.461 e. The Hall–Kier alpha value is -2.03. The molecule has 27 heavy (non-hydrogen) atoms. The number of aryl methyl sites for hydroxylation is 1. The molecule has 1 unspecified atom stereocenters. The highest BCUT2D eigenvalue weighted by atomic mass is 16.3. The number of hydrogen-bond acceptors (Lipinski definition) is 2. The monoisotopic (exact) mass is 363 g/mol. The minimum atomic E-state index is 0.0154. The predicted octanol–water partition coefficient (Wildman–Crippen LogP) is 5.59. The van der Waals surface area contributed by atoms with Gasteiger partial charge in [0.2, 0.25) is 0 Å². The van der Waals surface area contributed by atoms with Gasteiger partial charge in [0.15, 0.2) is 0 Å². The van der Waals surface area contributed by atoms with Crippen molar-refractivity contribution in [3.8, 4) is 11.3 Å². The summed E-state index contributed by atoms with van der Waals surface area (Å²) < 4.78 is 5.89. The van der Waals surface area contributed by atoms with Crippen LogP contribution in [0.25, 0.3) is 11.3 Å². The molecular weight excluding hydrogens is 334 g/mol. The fraction of sp³-hybridized carbons (Fsp3) is 0.542. The maximum atomic E-state index is 13.0. The molecule has 3 heteroatoms. The number of benzene rings is 1. The predicted molar refractivity (Wildman–Crippen MR) is 106 cm³/mol. The Labute approximate surface area is 161 Å². The topological polar surface area (TPSA) is 42.2 Å². The third kappa shape index (κ3) is 2.92. The van der Waals surface area contributed by atoms with Crippen LogP contribution in [0.4, 0.5) is 0 Å². The highest BCUT2D eigenvalue weighted by molar-refractivity contribution is 5.96. The van der Waals surface area contributed by atoms with Gasteiger partial charge in [-0.15, -0.1) is 0 Å². The van der Waals surface area contributed by atoms with Crippen LogP contribution in [0.3, 0.4) is 0 Å². The molecule has 1 amide bonds. The summed E-state index contributed by atoms with van der Waals surface area (Å²) in [6.45, 7) is 4.12. The van der Waals surface area contributed by atoms with E-state index in [1.165, 1.54) is 38.5 Å². The second-order valence-corrected chi connectivity index (χ2v) is 9.42. The summed E-state index contributed by atoms with van der Waals surface area (Å²) in [5, 5.41) is 3.36. The van der Waals surface area contributed by atoms with Gasteiger partial charge in [0.1, 0.15) is 11.5 Å². The second kappa shape index (κ2) is 6.25. The van der Waals surface area contributed by atoms with E-state index in [-0.39, 0.29) is 11.9 Å². The van der Waals surface area contributed by atoms with Crippen LogP contribution in [0.2, 0.25) is 0 Å². The highest BCUT2D eigenvalue weighted by Crippen LogP contribution is 2.61. The van der Waals surface area contributed by atoms with Gasteiger partial charge in [-0.2, -0.15) is 0 Å². The zero-order valence-corrected chi connectivity index (χ0v) is 16.3. The number of furan rings is 1. The molecule has 4 fully saturated rings. The quantitative estimate of drug-likeness (QED) is 0.769. The molecule has 1 aromatic heterocycles. The minimum Gasteiger partial charge on any atom is -0.461 e. The van der Waals surface area contributed by atoms with Crippen molar-refractivity contribution in [1.29, 1.82) is 0 Å². The summed E-state index contributed by atoms with van der Waals surface area (Å²) in [6, 6.07) is 12.1. The Balaban J connectivity index is 1.34. The molecule has 1 N–H and O–H groups in total. The molecule has 1 atom stereocenters. The van der Waals surface area contributed by atoms with E-state index in [1.807, 2.05) is 43.3 Å². The average molecular weight is 364 g/mol. The Morgan fingerprint density at radius 3 is 2.26 bits per heavy atom. The van der Waals surface area contributed by atoms with Gasteiger partial charge in [-0.1, -0.05) is 30.3 Å². The van der Waals surface area contributed by atoms with E-state index in [2.05, 4.69) is 12.2 Å². The van der Waals surface area contributed by atoms with Crippen molar-refractivity contribution in [2.24, 2.45) is 23.2 Å². The standard InChI is InChI=1S/C24H29NO2/c1-15-21(11-22(27-15)20-6-4-3-5-7-20)23(26)25-16(2)24-12-17-8-18(13-24)10-19(9-17)14-24/h3-7,11,16-19H,8-10,12-14H2,1-2H3,(H,25,26). The summed E-state index contributed by atoms with van der Waals surface area (Å²) in [7, 11) is 0. The molecule has 4 saturated carbocycles. The number of amides is 1. The summed E-state index contributed by atoms with van der Waals surface area (Å²) in [5.41, 5.74) is 2.00. The first-order valence-corrected chi connectivity index (χ1v) is 10.5. The third-order valence-electron chi connectivity index (χ3n) is 7.57. The van der Waals surface area contributed by atoms with E-state index in [0.29, 0.717) is 16.7 Å². The maximum absolute atomic E-state index is 13.0. The second-order valence-electron chi connectivity index (χ2n) is 9.42. The van der Waals surface area contributed by atoms with Crippen molar-refractivity contribution in [3.05, 3.63) is 47.7 Å². The van der Waals surface area contributed by atoms with Crippen molar-refractivity contribution in [1.82, 2.24) is 5.32 Å². The lowest BCUT2D eigenvalue weighted by atomic mass is 9.48. The number of carbonyl (C=O) groups is 1. The lowest BCUT2D eigenvalue weighted by Gasteiger charge is -2.59. The van der Waals surface area contributed by atoms with Crippen LogP contribution in [0.1, 0.15) is 61.6 Å². The van der Waals surface area contributed by atoms with Gasteiger partial charge in [0.25, 0.3) is 5.91 Å². The molecule has 0 saturated heterocycles. The van der Waals surface area contributed by atoms with Gasteiger partial charge in [-0.05, 0) is 81.6 Å². The van der Waals surface area contributed by atoms with Crippen LogP contribution in [-0.2, 0) is 0 Å². The lowest BCUT2D eigenvalue weighted by molar-refractivity contribution is -0.0688. The third-order valence-corrected chi connectivity index (χ3v) is 7.57. The molecule has 4 aliphatic carbocycles. The maximum Gasteiger partial charge on any atom is 0.255 e. The molecule has 4 aliphatic rings. The van der Waals surface area contributed by atoms with E-state index >= 15 is 0 Å². The first-order valence-electron chi connectivity index (χ1n) is 10.5. The van der Waals surface area contributed by atoms with E-state index in [0.717, 1.165) is 29.1 Å². The van der Waals surface area contributed by atoms with Crippen molar-refractivity contribution in [3.63, 3.8) is 0 Å². The van der Waals surface area contributed by atoms with Crippen LogP contribution in [-0.4, -0.2) is 11.9 Å². The summed E-state index contributed by atoms with van der Waals surface area (Å²) in [6.07, 6.45) is 8.21. The Morgan fingerprint density at radius 2 is 1.67 bits per heavy atom. The van der Waals surface area contributed by atoms with Gasteiger partial charge in [-0.3, -0.25) is 4.79 Å². The highest BCUT2D eigenvalue weighted by Gasteiger charge is 2.53. The smallest absolute Gasteiger partial charge is 0.255 e. The summed E-state index contributed by atoms with van der Waals surface area (Å²) in [5.74, 6) is 4.18. The molecular formula is C24H29NO2. The van der Waals surface area contributed by atoms with E-state index in [4.69, 9.17) is 4.42 Å². The number of carbonyl (C=O) groups excluding carboxylic acids is 1. The zero-order chi connectivity index (χ0) is 18.6. The first kappa shape index (κ1) is 17.1. The lowest BCUT2D eigenvalue weighted by Crippen LogP contribution is -2.55. The van der Waals surface area contributed by atoms with Crippen molar-refractivity contribution < 1.29 is 9.21 Å². The molecule has 0 aliphatic heterocycles. The van der Waals surface area contributed by atoms with Crippen LogP contribution in [0, 0.1) is 30.1 Å². The molecule has 4 bridgehead atoms. The van der Waals surface area contributed by atoms with Crippen molar-refractivity contribution in [2.75, 3.05) is 0 Å². The SMILES string of the molecule is Cc1oc(-c2ccccc2)cc1C(=O)NC(C)C12CC3CC(CC(C3)C1)C2. The number of rotatable bonds is 4. The van der Waals surface area contributed by atoms with E-state index < -0.39 is 0 Å². The van der Waals surface area contributed by atoms with Crippen molar-refractivity contribution >= 4 is 5.91 Å². The zero-order valence-electron chi connectivity index (χ0n) is 16.3. The summed E-state index contributed by atoms with van der Waals surface area (Å²) >= 11 is 0. The van der Waals surface area contributed by atoms with E-state index in [1.54, 1.807) is 0 Å². The normalized spacial score (nSPS) is 32.4. The molecule has 3 nitrogen and oxygen atoms in total. The fourth-order valence-corrected chi connectivity index (χ4v) is 6.59. The van der Waals surface area contributed by atoms with E-state index in [9.17, 15) is 4.79 Å². The van der Waals surface area contributed by atoms with Crippen LogP contribution in [0.15, 0.2) is 40.8 Å². The molecule has 6 rings (SSSR count). The van der Waals surface area contributed by atoms with Gasteiger partial charge >= 0.3 is 0 Å². The molecule has 2 aromatic rings. The van der Waals surface area contributed by atoms with Gasteiger partial charge in [0.05, 0.1) is 5.56 Å². The van der Waals surface area contributed by atoms with Crippen LogP contribution in [0.5, 0.6) is 0 Å². The van der Waals surface area contributed by atoms with Crippen LogP contribution >= 0.6 is 0 Å². The molecule has 142 valence electrons. The molecule has 0 radical (unpaired) electrons. The van der Waals surface area contributed by atoms with Crippen molar-refractivity contribution in [2.45, 2.75) is 58.4 Å². The summed E-state index contributed by atoms with van der Waals surface area (Å²) in [4.78, 5) is 13.0. The van der Waals surface area contributed by atoms with Gasteiger partial charge in [-0.25, -0.2) is 0 Å². The molecule has 1 aromatic carbocycles. The molecule has 0 spiro atoms. The Morgan fingerprint density at radius 1 is 1.07 bits per heavy atom. The first-order chi connectivity index (χ1) is 13.0. The van der Waals surface area contributed by atoms with Crippen LogP contribution < -0.4 is 5.32 Å².